The van der Waals surface area contributed by atoms with Crippen molar-refractivity contribution in [2.24, 2.45) is 16.1 Å². The van der Waals surface area contributed by atoms with Crippen LogP contribution < -0.4 is 5.56 Å². The Labute approximate surface area is 172 Å². The van der Waals surface area contributed by atoms with E-state index in [0.29, 0.717) is 34.7 Å². The number of hydrogen-bond acceptors (Lipinski definition) is 5. The molecule has 4 rings (SSSR count). The minimum Gasteiger partial charge on any atom is -0.310 e. The summed E-state index contributed by atoms with van der Waals surface area (Å²) in [6.45, 7) is 3.72. The number of aromatic amines is 1. The van der Waals surface area contributed by atoms with Crippen molar-refractivity contribution in [1.82, 2.24) is 19.7 Å². The largest absolute Gasteiger partial charge is 0.310 e. The molecule has 0 aliphatic heterocycles. The second kappa shape index (κ2) is 7.62. The molecule has 7 nitrogen and oxygen atoms in total. The predicted octanol–water partition coefficient (Wildman–Crippen LogP) is 4.09. The van der Waals surface area contributed by atoms with Crippen LogP contribution in [0.5, 0.6) is 0 Å². The monoisotopic (exact) mass is 422 g/mol. The van der Waals surface area contributed by atoms with E-state index in [1.54, 1.807) is 4.68 Å². The summed E-state index contributed by atoms with van der Waals surface area (Å²) in [5.41, 5.74) is 1.04. The van der Waals surface area contributed by atoms with Crippen molar-refractivity contribution in [3.63, 3.8) is 0 Å². The van der Waals surface area contributed by atoms with E-state index in [9.17, 15) is 13.6 Å². The topological polar surface area (TPSA) is 88.3 Å². The molecule has 156 valence electrons. The van der Waals surface area contributed by atoms with Gasteiger partial charge in [0, 0.05) is 30.4 Å². The highest BCUT2D eigenvalue weighted by Crippen LogP contribution is 2.43. The van der Waals surface area contributed by atoms with E-state index >= 15 is 0 Å². The fourth-order valence-electron chi connectivity index (χ4n) is 4.03. The lowest BCUT2D eigenvalue weighted by molar-refractivity contribution is -0.0446. The lowest BCUT2D eigenvalue weighted by Crippen LogP contribution is -2.32. The molecule has 2 aliphatic rings. The molecule has 2 heterocycles. The Morgan fingerprint density at radius 1 is 1.24 bits per heavy atom. The minimum atomic E-state index is -2.61. The molecule has 0 amide bonds. The van der Waals surface area contributed by atoms with Crippen molar-refractivity contribution < 1.29 is 8.78 Å². The van der Waals surface area contributed by atoms with E-state index in [4.69, 9.17) is 4.98 Å². The van der Waals surface area contributed by atoms with Gasteiger partial charge in [-0.1, -0.05) is 0 Å². The normalized spacial score (nSPS) is 25.1. The third-order valence-corrected chi connectivity index (χ3v) is 6.25. The maximum Gasteiger partial charge on any atom is 0.262 e. The summed E-state index contributed by atoms with van der Waals surface area (Å²) in [6.07, 6.45) is 3.53. The van der Waals surface area contributed by atoms with E-state index < -0.39 is 5.92 Å². The summed E-state index contributed by atoms with van der Waals surface area (Å²) in [4.78, 5) is 20.2. The number of aromatic nitrogens is 4. The van der Waals surface area contributed by atoms with Gasteiger partial charge in [-0.3, -0.25) is 4.79 Å². The van der Waals surface area contributed by atoms with E-state index in [1.165, 1.54) is 6.20 Å². The third kappa shape index (κ3) is 3.99. The molecule has 0 aromatic carbocycles. The van der Waals surface area contributed by atoms with Crippen molar-refractivity contribution in [1.29, 1.82) is 0 Å². The first-order valence-electron chi connectivity index (χ1n) is 9.88. The molecular weight excluding hydrogens is 398 g/mol. The first-order chi connectivity index (χ1) is 13.7. The smallest absolute Gasteiger partial charge is 0.262 e. The van der Waals surface area contributed by atoms with Crippen LogP contribution in [0.2, 0.25) is 0 Å². The highest BCUT2D eigenvalue weighted by molar-refractivity contribution is 7.97. The Hall–Kier alpha value is -2.10. The first kappa shape index (κ1) is 20.2. The van der Waals surface area contributed by atoms with Gasteiger partial charge in [0.15, 0.2) is 5.65 Å². The number of H-pyrrole nitrogens is 1. The highest BCUT2D eigenvalue weighted by Gasteiger charge is 2.38. The molecule has 0 saturated heterocycles. The van der Waals surface area contributed by atoms with E-state index in [-0.39, 0.29) is 36.3 Å². The van der Waals surface area contributed by atoms with Gasteiger partial charge in [0.1, 0.15) is 11.2 Å². The average Bonchev–Trinajstić information content (AvgIpc) is 3.03. The van der Waals surface area contributed by atoms with Gasteiger partial charge in [0.2, 0.25) is 5.92 Å². The molecule has 29 heavy (non-hydrogen) atoms. The number of hydrogen-bond donors (Lipinski definition) is 2. The van der Waals surface area contributed by atoms with Gasteiger partial charge >= 0.3 is 0 Å². The van der Waals surface area contributed by atoms with Crippen LogP contribution in [0.25, 0.3) is 11.0 Å². The van der Waals surface area contributed by atoms with E-state index in [2.05, 4.69) is 32.9 Å². The number of halogens is 2. The SMILES string of the molecule is CC(C)=N/N=C(\S)[C@@H]1CC[C@H]1c1nc2c(cnn2C2CCC(F)(F)CC2)c(=O)[nH]1. The quantitative estimate of drug-likeness (QED) is 0.337. The average molecular weight is 423 g/mol. The summed E-state index contributed by atoms with van der Waals surface area (Å²) < 4.78 is 28.7. The zero-order valence-corrected chi connectivity index (χ0v) is 17.3. The molecule has 2 fully saturated rings. The molecule has 0 unspecified atom stereocenters. The molecule has 0 radical (unpaired) electrons. The van der Waals surface area contributed by atoms with E-state index in [0.717, 1.165) is 18.6 Å². The van der Waals surface area contributed by atoms with Gasteiger partial charge in [-0.05, 0) is 39.5 Å². The van der Waals surface area contributed by atoms with Crippen molar-refractivity contribution in [3.8, 4) is 0 Å². The van der Waals surface area contributed by atoms with Crippen molar-refractivity contribution in [2.45, 2.75) is 70.3 Å². The predicted molar refractivity (Wildman–Crippen MR) is 111 cm³/mol. The van der Waals surface area contributed by atoms with Crippen LogP contribution >= 0.6 is 12.6 Å². The summed E-state index contributed by atoms with van der Waals surface area (Å²) in [5, 5.41) is 13.5. The Kier molecular flexibility index (Phi) is 5.30. The van der Waals surface area contributed by atoms with Gasteiger partial charge in [-0.15, -0.1) is 17.7 Å². The Bertz CT molecular complexity index is 1030. The maximum absolute atomic E-state index is 13.5. The number of nitrogens with one attached hydrogen (secondary N) is 1. The standard InChI is InChI=1S/C19H24F2N6OS/c1-10(2)25-26-18(29)13-4-3-12(13)15-23-16-14(17(28)24-15)9-22-27(16)11-5-7-19(20,21)8-6-11/h9,11-13H,3-8H2,1-2H3,(H,26,29)(H,23,24,28)/t12-,13-/m1/s1. The second-order valence-electron chi connectivity index (χ2n) is 8.16. The molecular formula is C19H24F2N6OS. The summed E-state index contributed by atoms with van der Waals surface area (Å²) >= 11 is 4.48. The summed E-state index contributed by atoms with van der Waals surface area (Å²) in [5.74, 6) is -2.00. The lowest BCUT2D eigenvalue weighted by Gasteiger charge is -2.34. The second-order valence-corrected chi connectivity index (χ2v) is 8.62. The molecule has 0 spiro atoms. The molecule has 2 aromatic rings. The van der Waals surface area contributed by atoms with Crippen molar-refractivity contribution in [3.05, 3.63) is 22.4 Å². The van der Waals surface area contributed by atoms with Gasteiger partial charge in [0.05, 0.1) is 17.3 Å². The molecule has 2 aromatic heterocycles. The summed E-state index contributed by atoms with van der Waals surface area (Å²) in [7, 11) is 0. The third-order valence-electron chi connectivity index (χ3n) is 5.82. The molecule has 2 aliphatic carbocycles. The van der Waals surface area contributed by atoms with Gasteiger partial charge < -0.3 is 4.98 Å². The van der Waals surface area contributed by atoms with E-state index in [1.807, 2.05) is 13.8 Å². The number of alkyl halides is 2. The van der Waals surface area contributed by atoms with Gasteiger partial charge in [-0.25, -0.2) is 18.4 Å². The Morgan fingerprint density at radius 3 is 2.59 bits per heavy atom. The number of fused-ring (bicyclic) bond motifs is 1. The van der Waals surface area contributed by atoms with Crippen LogP contribution in [0, 0.1) is 5.92 Å². The van der Waals surface area contributed by atoms with Gasteiger partial charge in [-0.2, -0.15) is 10.2 Å². The fraction of sp³-hybridized carbons (Fsp3) is 0.632. The Morgan fingerprint density at radius 2 is 1.97 bits per heavy atom. The molecule has 1 N–H and O–H groups in total. The van der Waals surface area contributed by atoms with Crippen LogP contribution in [0.15, 0.2) is 21.2 Å². The zero-order valence-electron chi connectivity index (χ0n) is 16.4. The highest BCUT2D eigenvalue weighted by atomic mass is 32.1. The minimum absolute atomic E-state index is 0.00486. The zero-order chi connectivity index (χ0) is 20.8. The van der Waals surface area contributed by atoms with Crippen LogP contribution in [0.3, 0.4) is 0 Å². The molecule has 2 saturated carbocycles. The Balaban J connectivity index is 1.64. The van der Waals surface area contributed by atoms with Crippen LogP contribution in [-0.4, -0.2) is 36.4 Å². The van der Waals surface area contributed by atoms with Crippen molar-refractivity contribution in [2.75, 3.05) is 0 Å². The number of nitrogens with zero attached hydrogens (tertiary/aromatic N) is 5. The molecule has 10 heteroatoms. The van der Waals surface area contributed by atoms with Crippen LogP contribution in [0.1, 0.15) is 70.2 Å². The number of thiol groups is 1. The summed E-state index contributed by atoms with van der Waals surface area (Å²) in [6, 6.07) is -0.171. The maximum atomic E-state index is 13.5. The van der Waals surface area contributed by atoms with Crippen LogP contribution in [0.4, 0.5) is 8.78 Å². The van der Waals surface area contributed by atoms with Crippen LogP contribution in [-0.2, 0) is 0 Å². The first-order valence-corrected chi connectivity index (χ1v) is 10.3. The lowest BCUT2D eigenvalue weighted by atomic mass is 9.73. The fourth-order valence-corrected chi connectivity index (χ4v) is 4.38. The molecule has 2 atom stereocenters. The molecule has 0 bridgehead atoms. The van der Waals surface area contributed by atoms with Crippen molar-refractivity contribution >= 4 is 34.4 Å². The number of rotatable bonds is 4. The van der Waals surface area contributed by atoms with Gasteiger partial charge in [0.25, 0.3) is 5.56 Å².